The standard InChI is InChI=1S/C11H21OP/c1-5-9-13-12-8-6-7-11(4)10(2)3/h13H,2,4-9H2,1,3H3. The van der Waals surface area contributed by atoms with E-state index in [-0.39, 0.29) is 0 Å². The molecule has 1 atom stereocenters. The molecule has 1 nitrogen and oxygen atoms in total. The van der Waals surface area contributed by atoms with Gasteiger partial charge in [0.25, 0.3) is 0 Å². The second-order valence-corrected chi connectivity index (χ2v) is 4.31. The molecule has 0 saturated carbocycles. The van der Waals surface area contributed by atoms with Gasteiger partial charge in [-0.25, -0.2) is 0 Å². The Balaban J connectivity index is 3.16. The van der Waals surface area contributed by atoms with Crippen molar-refractivity contribution in [1.82, 2.24) is 0 Å². The minimum absolute atomic E-state index is 0.678. The highest BCUT2D eigenvalue weighted by molar-refractivity contribution is 7.32. The molecule has 1 unspecified atom stereocenters. The highest BCUT2D eigenvalue weighted by Crippen LogP contribution is 2.16. The minimum atomic E-state index is 0.678. The second kappa shape index (κ2) is 8.47. The van der Waals surface area contributed by atoms with Gasteiger partial charge < -0.3 is 4.52 Å². The van der Waals surface area contributed by atoms with E-state index in [0.717, 1.165) is 30.6 Å². The first-order valence-electron chi connectivity index (χ1n) is 4.86. The zero-order valence-corrected chi connectivity index (χ0v) is 9.86. The van der Waals surface area contributed by atoms with Crippen LogP contribution in [0.5, 0.6) is 0 Å². The molecule has 0 fully saturated rings. The largest absolute Gasteiger partial charge is 0.362 e. The molecule has 13 heavy (non-hydrogen) atoms. The molecule has 0 spiro atoms. The fourth-order valence-electron chi connectivity index (χ4n) is 0.818. The fourth-order valence-corrected chi connectivity index (χ4v) is 1.45. The fraction of sp³-hybridized carbons (Fsp3) is 0.636. The predicted octanol–water partition coefficient (Wildman–Crippen LogP) is 3.92. The maximum atomic E-state index is 5.46. The molecule has 0 radical (unpaired) electrons. The molecule has 76 valence electrons. The van der Waals surface area contributed by atoms with Crippen molar-refractivity contribution < 1.29 is 4.52 Å². The molecule has 0 rings (SSSR count). The Hall–Kier alpha value is -0.130. The van der Waals surface area contributed by atoms with E-state index in [1.807, 2.05) is 6.92 Å². The number of allylic oxidation sites excluding steroid dienone is 2. The van der Waals surface area contributed by atoms with Crippen LogP contribution in [0.4, 0.5) is 0 Å². The lowest BCUT2D eigenvalue weighted by molar-refractivity contribution is 0.354. The van der Waals surface area contributed by atoms with Crippen LogP contribution >= 0.6 is 8.81 Å². The van der Waals surface area contributed by atoms with Crippen molar-refractivity contribution in [3.05, 3.63) is 24.3 Å². The van der Waals surface area contributed by atoms with Gasteiger partial charge in [0, 0.05) is 8.81 Å². The molecule has 0 bridgehead atoms. The van der Waals surface area contributed by atoms with Crippen molar-refractivity contribution in [2.75, 3.05) is 12.8 Å². The Labute approximate surface area is 84.1 Å². The molecular weight excluding hydrogens is 179 g/mol. The molecule has 0 aliphatic heterocycles. The second-order valence-electron chi connectivity index (χ2n) is 3.23. The Kier molecular flexibility index (Phi) is 8.38. The number of hydrogen-bond acceptors (Lipinski definition) is 1. The number of rotatable bonds is 8. The maximum absolute atomic E-state index is 5.46. The van der Waals surface area contributed by atoms with Crippen LogP contribution < -0.4 is 0 Å². The van der Waals surface area contributed by atoms with Crippen LogP contribution in [0.25, 0.3) is 0 Å². The van der Waals surface area contributed by atoms with Crippen molar-refractivity contribution in [1.29, 1.82) is 0 Å². The van der Waals surface area contributed by atoms with Crippen LogP contribution in [0, 0.1) is 0 Å². The summed E-state index contributed by atoms with van der Waals surface area (Å²) in [5.74, 6) is 0. The average molecular weight is 200 g/mol. The Morgan fingerprint density at radius 3 is 2.62 bits per heavy atom. The van der Waals surface area contributed by atoms with Gasteiger partial charge in [0.2, 0.25) is 0 Å². The summed E-state index contributed by atoms with van der Waals surface area (Å²) in [7, 11) is 0.678. The van der Waals surface area contributed by atoms with Crippen LogP contribution in [0.3, 0.4) is 0 Å². The van der Waals surface area contributed by atoms with E-state index in [1.54, 1.807) is 0 Å². The zero-order chi connectivity index (χ0) is 10.1. The average Bonchev–Trinajstić information content (AvgIpc) is 2.10. The summed E-state index contributed by atoms with van der Waals surface area (Å²) in [5, 5.41) is 0. The van der Waals surface area contributed by atoms with Crippen molar-refractivity contribution >= 4 is 8.81 Å². The minimum Gasteiger partial charge on any atom is -0.362 e. The third-order valence-electron chi connectivity index (χ3n) is 1.78. The van der Waals surface area contributed by atoms with Gasteiger partial charge in [0.05, 0.1) is 6.61 Å². The van der Waals surface area contributed by atoms with Crippen molar-refractivity contribution in [2.24, 2.45) is 0 Å². The highest BCUT2D eigenvalue weighted by Gasteiger charge is 1.94. The van der Waals surface area contributed by atoms with Crippen LogP contribution in [0.2, 0.25) is 0 Å². The zero-order valence-electron chi connectivity index (χ0n) is 8.86. The van der Waals surface area contributed by atoms with Gasteiger partial charge in [-0.05, 0) is 25.9 Å². The van der Waals surface area contributed by atoms with Crippen molar-refractivity contribution in [3.63, 3.8) is 0 Å². The molecule has 0 amide bonds. The van der Waals surface area contributed by atoms with E-state index >= 15 is 0 Å². The molecule has 2 heteroatoms. The Bertz CT molecular complexity index is 163. The lowest BCUT2D eigenvalue weighted by atomic mass is 10.1. The topological polar surface area (TPSA) is 9.23 Å². The van der Waals surface area contributed by atoms with Crippen LogP contribution in [0.15, 0.2) is 24.3 Å². The summed E-state index contributed by atoms with van der Waals surface area (Å²) in [6, 6.07) is 0. The van der Waals surface area contributed by atoms with Crippen molar-refractivity contribution in [3.8, 4) is 0 Å². The molecule has 0 aliphatic rings. The predicted molar refractivity (Wildman–Crippen MR) is 62.6 cm³/mol. The first-order valence-corrected chi connectivity index (χ1v) is 5.98. The molecule has 0 aromatic heterocycles. The van der Waals surface area contributed by atoms with Crippen LogP contribution in [-0.4, -0.2) is 12.8 Å². The van der Waals surface area contributed by atoms with Gasteiger partial charge in [0.15, 0.2) is 0 Å². The number of hydrogen-bond donors (Lipinski definition) is 0. The quantitative estimate of drug-likeness (QED) is 0.328. The van der Waals surface area contributed by atoms with E-state index in [9.17, 15) is 0 Å². The van der Waals surface area contributed by atoms with Crippen LogP contribution in [-0.2, 0) is 4.52 Å². The monoisotopic (exact) mass is 200 g/mol. The van der Waals surface area contributed by atoms with Gasteiger partial charge in [-0.1, -0.05) is 37.6 Å². The van der Waals surface area contributed by atoms with Gasteiger partial charge >= 0.3 is 0 Å². The van der Waals surface area contributed by atoms with Gasteiger partial charge in [-0.3, -0.25) is 0 Å². The summed E-state index contributed by atoms with van der Waals surface area (Å²) in [6.07, 6.45) is 4.51. The Morgan fingerprint density at radius 1 is 1.38 bits per heavy atom. The lowest BCUT2D eigenvalue weighted by Crippen LogP contribution is -1.89. The van der Waals surface area contributed by atoms with E-state index in [1.165, 1.54) is 12.6 Å². The summed E-state index contributed by atoms with van der Waals surface area (Å²) in [6.45, 7) is 12.8. The van der Waals surface area contributed by atoms with Gasteiger partial charge in [-0.15, -0.1) is 0 Å². The first-order chi connectivity index (χ1) is 6.18. The van der Waals surface area contributed by atoms with Gasteiger partial charge in [0.1, 0.15) is 0 Å². The summed E-state index contributed by atoms with van der Waals surface area (Å²) >= 11 is 0. The maximum Gasteiger partial charge on any atom is 0.0508 e. The van der Waals surface area contributed by atoms with E-state index in [4.69, 9.17) is 4.52 Å². The molecular formula is C11H21OP. The molecule has 0 heterocycles. The third-order valence-corrected chi connectivity index (χ3v) is 2.90. The van der Waals surface area contributed by atoms with E-state index in [2.05, 4.69) is 20.1 Å². The van der Waals surface area contributed by atoms with E-state index < -0.39 is 0 Å². The molecule has 0 saturated heterocycles. The van der Waals surface area contributed by atoms with Crippen LogP contribution in [0.1, 0.15) is 33.1 Å². The lowest BCUT2D eigenvalue weighted by Gasteiger charge is -2.05. The van der Waals surface area contributed by atoms with Gasteiger partial charge in [-0.2, -0.15) is 0 Å². The molecule has 0 N–H and O–H groups in total. The normalized spacial score (nSPS) is 10.9. The summed E-state index contributed by atoms with van der Waals surface area (Å²) in [4.78, 5) is 0. The smallest absolute Gasteiger partial charge is 0.0508 e. The summed E-state index contributed by atoms with van der Waals surface area (Å²) in [5.41, 5.74) is 2.25. The SMILES string of the molecule is C=C(C)C(=C)CCCOPCCC. The first kappa shape index (κ1) is 12.9. The Morgan fingerprint density at radius 2 is 2.08 bits per heavy atom. The molecule has 0 aromatic rings. The van der Waals surface area contributed by atoms with E-state index in [0.29, 0.717) is 8.81 Å². The highest BCUT2D eigenvalue weighted by atomic mass is 31.1. The summed E-state index contributed by atoms with van der Waals surface area (Å²) < 4.78 is 5.46. The van der Waals surface area contributed by atoms with Crippen molar-refractivity contribution in [2.45, 2.75) is 33.1 Å². The molecule has 0 aromatic carbocycles. The third kappa shape index (κ3) is 8.21. The molecule has 0 aliphatic carbocycles.